The van der Waals surface area contributed by atoms with E-state index in [1.165, 1.54) is 31.4 Å². The van der Waals surface area contributed by atoms with Crippen molar-refractivity contribution in [3.05, 3.63) is 30.3 Å². The van der Waals surface area contributed by atoms with Crippen LogP contribution in [0.2, 0.25) is 0 Å². The van der Waals surface area contributed by atoms with E-state index in [9.17, 15) is 4.79 Å². The fourth-order valence-electron chi connectivity index (χ4n) is 3.29. The Morgan fingerprint density at radius 2 is 1.86 bits per heavy atom. The summed E-state index contributed by atoms with van der Waals surface area (Å²) in [5, 5.41) is 6.91. The molecule has 1 aliphatic carbocycles. The molecule has 0 spiro atoms. The van der Waals surface area contributed by atoms with Crippen LogP contribution in [0.5, 0.6) is 0 Å². The van der Waals surface area contributed by atoms with Gasteiger partial charge >= 0.3 is 0 Å². The van der Waals surface area contributed by atoms with E-state index in [4.69, 9.17) is 0 Å². The number of aliphatic imine (C=N–C) groups is 1. The molecule has 0 radical (unpaired) electrons. The maximum atomic E-state index is 11.9. The van der Waals surface area contributed by atoms with Crippen molar-refractivity contribution in [2.24, 2.45) is 4.99 Å². The van der Waals surface area contributed by atoms with Gasteiger partial charge in [0.25, 0.3) is 0 Å². The van der Waals surface area contributed by atoms with Crippen LogP contribution < -0.4 is 15.5 Å². The topological polar surface area (TPSA) is 60.0 Å². The molecule has 1 aromatic rings. The van der Waals surface area contributed by atoms with Crippen LogP contribution >= 0.6 is 24.0 Å². The Hall–Kier alpha value is -1.51. The highest BCUT2D eigenvalue weighted by Gasteiger charge is 2.16. The lowest BCUT2D eigenvalue weighted by atomic mass is 10.2. The number of likely N-dealkylation sites (N-methyl/N-ethyl adjacent to an activating group) is 1. The van der Waals surface area contributed by atoms with Gasteiger partial charge in [0.05, 0.1) is 0 Å². The van der Waals surface area contributed by atoms with Crippen LogP contribution in [-0.4, -0.2) is 63.1 Å². The fraction of sp³-hybridized carbons (Fsp3) is 0.619. The zero-order chi connectivity index (χ0) is 19.5. The molecule has 28 heavy (non-hydrogen) atoms. The Morgan fingerprint density at radius 1 is 1.18 bits per heavy atom. The van der Waals surface area contributed by atoms with Gasteiger partial charge in [-0.25, -0.2) is 4.99 Å². The maximum Gasteiger partial charge on any atom is 0.243 e. The molecule has 1 amide bonds. The first-order valence-electron chi connectivity index (χ1n) is 10.1. The number of hydrogen-bond acceptors (Lipinski definition) is 3. The third-order valence-electron chi connectivity index (χ3n) is 4.97. The first-order chi connectivity index (χ1) is 13.1. The molecule has 0 saturated heterocycles. The minimum Gasteiger partial charge on any atom is -0.372 e. The van der Waals surface area contributed by atoms with E-state index in [0.29, 0.717) is 6.04 Å². The molecule has 0 atom stereocenters. The average Bonchev–Trinajstić information content (AvgIpc) is 3.19. The third kappa shape index (κ3) is 8.67. The minimum absolute atomic E-state index is 0. The Bertz CT molecular complexity index is 588. The number of nitrogens with one attached hydrogen (secondary N) is 2. The molecule has 1 saturated carbocycles. The van der Waals surface area contributed by atoms with Crippen LogP contribution in [0.25, 0.3) is 0 Å². The van der Waals surface area contributed by atoms with E-state index >= 15 is 0 Å². The Balaban J connectivity index is 0.00000392. The molecule has 1 fully saturated rings. The van der Waals surface area contributed by atoms with Crippen molar-refractivity contribution in [1.29, 1.82) is 0 Å². The number of carbonyl (C=O) groups is 1. The molecule has 2 N–H and O–H groups in total. The Morgan fingerprint density at radius 3 is 2.46 bits per heavy atom. The SMILES string of the molecule is CCN(CCCNC(=NCC(=O)N(C)C)NC1CCCC1)c1ccccc1.I. The molecule has 0 aromatic heterocycles. The number of nitrogens with zero attached hydrogens (tertiary/aromatic N) is 3. The Labute approximate surface area is 187 Å². The number of halogens is 1. The van der Waals surface area contributed by atoms with Gasteiger partial charge < -0.3 is 20.4 Å². The summed E-state index contributed by atoms with van der Waals surface area (Å²) < 4.78 is 0. The second-order valence-corrected chi connectivity index (χ2v) is 7.27. The van der Waals surface area contributed by atoms with Gasteiger partial charge in [0.2, 0.25) is 5.91 Å². The molecule has 0 bridgehead atoms. The van der Waals surface area contributed by atoms with E-state index in [-0.39, 0.29) is 36.4 Å². The number of guanidine groups is 1. The maximum absolute atomic E-state index is 11.9. The van der Waals surface area contributed by atoms with Crippen molar-refractivity contribution in [1.82, 2.24) is 15.5 Å². The summed E-state index contributed by atoms with van der Waals surface area (Å²) in [6.07, 6.45) is 5.91. The first-order valence-corrected chi connectivity index (χ1v) is 10.1. The second kappa shape index (κ2) is 13.6. The van der Waals surface area contributed by atoms with Crippen LogP contribution in [0.15, 0.2) is 35.3 Å². The number of rotatable bonds is 9. The molecule has 7 heteroatoms. The van der Waals surface area contributed by atoms with Crippen molar-refractivity contribution in [3.8, 4) is 0 Å². The lowest BCUT2D eigenvalue weighted by Crippen LogP contribution is -2.44. The minimum atomic E-state index is 0. The van der Waals surface area contributed by atoms with Crippen LogP contribution in [-0.2, 0) is 4.79 Å². The van der Waals surface area contributed by atoms with Crippen LogP contribution in [0.4, 0.5) is 5.69 Å². The van der Waals surface area contributed by atoms with Gasteiger partial charge in [0, 0.05) is 45.5 Å². The molecule has 1 aliphatic rings. The van der Waals surface area contributed by atoms with Crippen LogP contribution in [0, 0.1) is 0 Å². The quantitative estimate of drug-likeness (QED) is 0.236. The smallest absolute Gasteiger partial charge is 0.243 e. The summed E-state index contributed by atoms with van der Waals surface area (Å²) in [6.45, 7) is 5.17. The number of anilines is 1. The van der Waals surface area contributed by atoms with Crippen LogP contribution in [0.3, 0.4) is 0 Å². The number of carbonyl (C=O) groups excluding carboxylic acids is 1. The van der Waals surface area contributed by atoms with Gasteiger partial charge in [-0.2, -0.15) is 0 Å². The summed E-state index contributed by atoms with van der Waals surface area (Å²) in [6, 6.07) is 11.0. The van der Waals surface area contributed by atoms with Gasteiger partial charge in [0.15, 0.2) is 5.96 Å². The largest absolute Gasteiger partial charge is 0.372 e. The number of hydrogen-bond donors (Lipinski definition) is 2. The standard InChI is InChI=1S/C21H35N5O.HI/c1-4-26(19-13-6-5-7-14-19)16-10-15-22-21(23-17-20(27)25(2)3)24-18-11-8-9-12-18;/h5-7,13-14,18H,4,8-12,15-17H2,1-3H3,(H2,22,23,24);1H. The van der Waals surface area contributed by atoms with Gasteiger partial charge in [0.1, 0.15) is 6.54 Å². The molecule has 0 unspecified atom stereocenters. The van der Waals surface area contributed by atoms with Gasteiger partial charge in [-0.05, 0) is 38.3 Å². The summed E-state index contributed by atoms with van der Waals surface area (Å²) in [7, 11) is 3.52. The highest BCUT2D eigenvalue weighted by Crippen LogP contribution is 2.17. The molecule has 6 nitrogen and oxygen atoms in total. The van der Waals surface area contributed by atoms with Gasteiger partial charge in [-0.15, -0.1) is 24.0 Å². The van der Waals surface area contributed by atoms with E-state index in [1.54, 1.807) is 19.0 Å². The lowest BCUT2D eigenvalue weighted by Gasteiger charge is -2.23. The molecule has 0 aliphatic heterocycles. The number of para-hydroxylation sites is 1. The first kappa shape index (κ1) is 24.5. The zero-order valence-corrected chi connectivity index (χ0v) is 19.8. The summed E-state index contributed by atoms with van der Waals surface area (Å²) >= 11 is 0. The van der Waals surface area contributed by atoms with E-state index in [0.717, 1.165) is 32.0 Å². The molecule has 2 rings (SSSR count). The molecule has 158 valence electrons. The van der Waals surface area contributed by atoms with Crippen molar-refractivity contribution in [2.75, 3.05) is 45.2 Å². The molecular weight excluding hydrogens is 465 g/mol. The zero-order valence-electron chi connectivity index (χ0n) is 17.5. The molecular formula is C21H36IN5O. The highest BCUT2D eigenvalue weighted by atomic mass is 127. The summed E-state index contributed by atoms with van der Waals surface area (Å²) in [5.41, 5.74) is 1.26. The predicted octanol–water partition coefficient (Wildman–Crippen LogP) is 3.09. The predicted molar refractivity (Wildman–Crippen MR) is 129 cm³/mol. The normalized spacial score (nSPS) is 14.3. The highest BCUT2D eigenvalue weighted by molar-refractivity contribution is 14.0. The fourth-order valence-corrected chi connectivity index (χ4v) is 3.29. The second-order valence-electron chi connectivity index (χ2n) is 7.27. The average molecular weight is 501 g/mol. The van der Waals surface area contributed by atoms with Crippen molar-refractivity contribution in [3.63, 3.8) is 0 Å². The van der Waals surface area contributed by atoms with E-state index < -0.39 is 0 Å². The van der Waals surface area contributed by atoms with Crippen molar-refractivity contribution in [2.45, 2.75) is 45.1 Å². The third-order valence-corrected chi connectivity index (χ3v) is 4.97. The number of amides is 1. The van der Waals surface area contributed by atoms with Gasteiger partial charge in [-0.1, -0.05) is 31.0 Å². The van der Waals surface area contributed by atoms with Crippen LogP contribution in [0.1, 0.15) is 39.0 Å². The van der Waals surface area contributed by atoms with Crippen molar-refractivity contribution >= 4 is 41.5 Å². The van der Waals surface area contributed by atoms with E-state index in [2.05, 4.69) is 51.7 Å². The van der Waals surface area contributed by atoms with Gasteiger partial charge in [-0.3, -0.25) is 4.79 Å². The molecule has 0 heterocycles. The monoisotopic (exact) mass is 501 g/mol. The molecule has 1 aromatic carbocycles. The summed E-state index contributed by atoms with van der Waals surface area (Å²) in [5.74, 6) is 0.781. The lowest BCUT2D eigenvalue weighted by molar-refractivity contribution is -0.127. The Kier molecular flexibility index (Phi) is 11.9. The van der Waals surface area contributed by atoms with Crippen molar-refractivity contribution < 1.29 is 4.79 Å². The number of benzene rings is 1. The summed E-state index contributed by atoms with van der Waals surface area (Å²) in [4.78, 5) is 20.3. The van der Waals surface area contributed by atoms with E-state index in [1.807, 2.05) is 6.07 Å².